The summed E-state index contributed by atoms with van der Waals surface area (Å²) in [5.41, 5.74) is 0. The molecule has 3 atom stereocenters. The third-order valence-corrected chi connectivity index (χ3v) is 6.08. The summed E-state index contributed by atoms with van der Waals surface area (Å²) in [6.45, 7) is 5.19. The van der Waals surface area contributed by atoms with Gasteiger partial charge in [-0.3, -0.25) is 9.59 Å². The topological polar surface area (TPSA) is 70.7 Å². The number of amides is 2. The number of likely N-dealkylation sites (tertiary alicyclic amines) is 1. The predicted molar refractivity (Wildman–Crippen MR) is 108 cm³/mol. The minimum Gasteiger partial charge on any atom is -0.365 e. The maximum absolute atomic E-state index is 12.9. The van der Waals surface area contributed by atoms with Crippen LogP contribution in [0.2, 0.25) is 0 Å². The molecule has 156 valence electrons. The SMILES string of the molecule is CCC(OC1CCCC1)C(=O)N1CCCC(CNC(=O)C2CCCN2)C1.Cl. The molecule has 0 spiro atoms. The summed E-state index contributed by atoms with van der Waals surface area (Å²) >= 11 is 0. The van der Waals surface area contributed by atoms with Crippen molar-refractivity contribution in [2.75, 3.05) is 26.2 Å². The van der Waals surface area contributed by atoms with E-state index < -0.39 is 0 Å². The first-order valence-corrected chi connectivity index (χ1v) is 10.6. The first-order chi connectivity index (χ1) is 12.7. The molecule has 2 N–H and O–H groups in total. The van der Waals surface area contributed by atoms with E-state index in [0.29, 0.717) is 12.5 Å². The summed E-state index contributed by atoms with van der Waals surface area (Å²) in [7, 11) is 0. The number of hydrogen-bond donors (Lipinski definition) is 2. The molecule has 1 aliphatic carbocycles. The Hall–Kier alpha value is -0.850. The van der Waals surface area contributed by atoms with Gasteiger partial charge in [0.25, 0.3) is 5.91 Å². The highest BCUT2D eigenvalue weighted by Gasteiger charge is 2.31. The van der Waals surface area contributed by atoms with Gasteiger partial charge in [0.2, 0.25) is 5.91 Å². The highest BCUT2D eigenvalue weighted by molar-refractivity contribution is 5.85. The van der Waals surface area contributed by atoms with Gasteiger partial charge >= 0.3 is 0 Å². The van der Waals surface area contributed by atoms with Crippen molar-refractivity contribution >= 4 is 24.2 Å². The third-order valence-electron chi connectivity index (χ3n) is 6.08. The number of hydrogen-bond acceptors (Lipinski definition) is 4. The van der Waals surface area contributed by atoms with E-state index in [1.807, 2.05) is 11.8 Å². The number of rotatable bonds is 7. The van der Waals surface area contributed by atoms with E-state index in [1.165, 1.54) is 12.8 Å². The smallest absolute Gasteiger partial charge is 0.251 e. The monoisotopic (exact) mass is 401 g/mol. The Kier molecular flexibility index (Phi) is 9.33. The van der Waals surface area contributed by atoms with Gasteiger partial charge in [0.1, 0.15) is 6.10 Å². The molecule has 0 aromatic carbocycles. The van der Waals surface area contributed by atoms with Crippen molar-refractivity contribution in [1.29, 1.82) is 0 Å². The third kappa shape index (κ3) is 6.33. The zero-order valence-electron chi connectivity index (χ0n) is 16.6. The molecule has 3 rings (SSSR count). The second-order valence-electron chi connectivity index (χ2n) is 8.13. The average Bonchev–Trinajstić information content (AvgIpc) is 3.37. The van der Waals surface area contributed by atoms with Crippen LogP contribution in [0.25, 0.3) is 0 Å². The van der Waals surface area contributed by atoms with Crippen molar-refractivity contribution in [3.63, 3.8) is 0 Å². The van der Waals surface area contributed by atoms with Crippen LogP contribution in [-0.4, -0.2) is 61.1 Å². The van der Waals surface area contributed by atoms with Crippen LogP contribution in [0.3, 0.4) is 0 Å². The Morgan fingerprint density at radius 2 is 1.93 bits per heavy atom. The van der Waals surface area contributed by atoms with E-state index in [-0.39, 0.29) is 42.5 Å². The van der Waals surface area contributed by atoms with Crippen LogP contribution in [0, 0.1) is 5.92 Å². The van der Waals surface area contributed by atoms with E-state index in [1.54, 1.807) is 0 Å². The molecule has 2 heterocycles. The predicted octanol–water partition coefficient (Wildman–Crippen LogP) is 2.25. The summed E-state index contributed by atoms with van der Waals surface area (Å²) in [4.78, 5) is 27.1. The normalized spacial score (nSPS) is 27.2. The fourth-order valence-electron chi connectivity index (χ4n) is 4.50. The Morgan fingerprint density at radius 1 is 1.15 bits per heavy atom. The van der Waals surface area contributed by atoms with Crippen LogP contribution in [0.5, 0.6) is 0 Å². The van der Waals surface area contributed by atoms with Crippen molar-refractivity contribution in [2.45, 2.75) is 83.0 Å². The number of ether oxygens (including phenoxy) is 1. The van der Waals surface area contributed by atoms with Gasteiger partial charge in [-0.25, -0.2) is 0 Å². The lowest BCUT2D eigenvalue weighted by Crippen LogP contribution is -2.49. The number of nitrogens with one attached hydrogen (secondary N) is 2. The van der Waals surface area contributed by atoms with Crippen LogP contribution in [0.15, 0.2) is 0 Å². The van der Waals surface area contributed by atoms with Crippen molar-refractivity contribution in [2.24, 2.45) is 5.92 Å². The van der Waals surface area contributed by atoms with Crippen molar-refractivity contribution in [3.05, 3.63) is 0 Å². The molecule has 2 saturated heterocycles. The molecule has 0 radical (unpaired) electrons. The summed E-state index contributed by atoms with van der Waals surface area (Å²) in [5.74, 6) is 0.608. The summed E-state index contributed by atoms with van der Waals surface area (Å²) in [5, 5.41) is 6.32. The molecule has 3 unspecified atom stereocenters. The van der Waals surface area contributed by atoms with Gasteiger partial charge in [-0.1, -0.05) is 19.8 Å². The van der Waals surface area contributed by atoms with E-state index in [0.717, 1.165) is 64.6 Å². The van der Waals surface area contributed by atoms with Crippen molar-refractivity contribution < 1.29 is 14.3 Å². The maximum atomic E-state index is 12.9. The largest absolute Gasteiger partial charge is 0.365 e. The first kappa shape index (κ1) is 22.4. The van der Waals surface area contributed by atoms with Crippen LogP contribution in [-0.2, 0) is 14.3 Å². The van der Waals surface area contributed by atoms with Gasteiger partial charge in [-0.05, 0) is 57.4 Å². The molecule has 0 aromatic rings. The quantitative estimate of drug-likeness (QED) is 0.686. The number of piperidine rings is 1. The van der Waals surface area contributed by atoms with Crippen LogP contribution in [0.1, 0.15) is 64.7 Å². The molecule has 7 heteroatoms. The summed E-state index contributed by atoms with van der Waals surface area (Å²) < 4.78 is 6.11. The van der Waals surface area contributed by atoms with E-state index in [2.05, 4.69) is 10.6 Å². The Balaban J connectivity index is 0.00000261. The minimum absolute atomic E-state index is 0. The lowest BCUT2D eigenvalue weighted by Gasteiger charge is -2.35. The van der Waals surface area contributed by atoms with Crippen LogP contribution in [0.4, 0.5) is 0 Å². The second-order valence-corrected chi connectivity index (χ2v) is 8.13. The first-order valence-electron chi connectivity index (χ1n) is 10.6. The van der Waals surface area contributed by atoms with E-state index in [9.17, 15) is 9.59 Å². The number of carbonyl (C=O) groups is 2. The van der Waals surface area contributed by atoms with Crippen molar-refractivity contribution in [3.8, 4) is 0 Å². The zero-order chi connectivity index (χ0) is 18.4. The van der Waals surface area contributed by atoms with Gasteiger partial charge in [-0.15, -0.1) is 12.4 Å². The minimum atomic E-state index is -0.297. The molecule has 6 nitrogen and oxygen atoms in total. The van der Waals surface area contributed by atoms with E-state index >= 15 is 0 Å². The average molecular weight is 402 g/mol. The molecule has 3 fully saturated rings. The van der Waals surface area contributed by atoms with Crippen LogP contribution < -0.4 is 10.6 Å². The highest BCUT2D eigenvalue weighted by atomic mass is 35.5. The lowest BCUT2D eigenvalue weighted by atomic mass is 9.97. The fraction of sp³-hybridized carbons (Fsp3) is 0.900. The molecule has 27 heavy (non-hydrogen) atoms. The highest BCUT2D eigenvalue weighted by Crippen LogP contribution is 2.24. The Morgan fingerprint density at radius 3 is 2.59 bits per heavy atom. The number of halogens is 1. The Bertz CT molecular complexity index is 479. The second kappa shape index (κ2) is 11.2. The van der Waals surface area contributed by atoms with Gasteiger partial charge in [0.15, 0.2) is 0 Å². The fourth-order valence-corrected chi connectivity index (χ4v) is 4.50. The maximum Gasteiger partial charge on any atom is 0.251 e. The van der Waals surface area contributed by atoms with Gasteiger partial charge in [-0.2, -0.15) is 0 Å². The summed E-state index contributed by atoms with van der Waals surface area (Å²) in [6, 6.07) is -0.0272. The lowest BCUT2D eigenvalue weighted by molar-refractivity contribution is -0.149. The van der Waals surface area contributed by atoms with Gasteiger partial charge in [0, 0.05) is 19.6 Å². The van der Waals surface area contributed by atoms with Crippen molar-refractivity contribution in [1.82, 2.24) is 15.5 Å². The molecule has 0 bridgehead atoms. The molecule has 0 aromatic heterocycles. The molecule has 1 saturated carbocycles. The van der Waals surface area contributed by atoms with E-state index in [4.69, 9.17) is 4.74 Å². The zero-order valence-corrected chi connectivity index (χ0v) is 17.4. The number of nitrogens with zero attached hydrogens (tertiary/aromatic N) is 1. The summed E-state index contributed by atoms with van der Waals surface area (Å²) in [6.07, 6.45) is 9.41. The van der Waals surface area contributed by atoms with Crippen LogP contribution >= 0.6 is 12.4 Å². The van der Waals surface area contributed by atoms with Gasteiger partial charge in [0.05, 0.1) is 12.1 Å². The molecular weight excluding hydrogens is 366 g/mol. The molecule has 3 aliphatic rings. The standard InChI is InChI=1S/C20H35N3O3.ClH/c1-2-18(26-16-8-3-4-9-16)20(25)23-12-6-7-15(14-23)13-22-19(24)17-10-5-11-21-17;/h15-18,21H,2-14H2,1H3,(H,22,24);1H. The Labute approximate surface area is 169 Å². The molecular formula is C20H36ClN3O3. The number of carbonyl (C=O) groups excluding carboxylic acids is 2. The molecule has 2 aliphatic heterocycles. The molecule has 2 amide bonds. The van der Waals surface area contributed by atoms with Gasteiger partial charge < -0.3 is 20.3 Å².